The molecule has 0 amide bonds. The van der Waals surface area contributed by atoms with Crippen molar-refractivity contribution >= 4 is 11.9 Å². The Hall–Kier alpha value is -2.76. The standard InChI is InChI=1S/C16H17N5O/c1-10-4-6-11(7-5-10)12-9-13(14-3-2-8-22-14)21-16(18-12)19-15(17)20-21/h2-8,12-13H,9H2,1H3,(H3,17,18,19,20)/t12-,13+/m0/s1. The first-order chi connectivity index (χ1) is 10.7. The summed E-state index contributed by atoms with van der Waals surface area (Å²) in [5, 5.41) is 7.70. The molecular weight excluding hydrogens is 278 g/mol. The maximum atomic E-state index is 5.76. The van der Waals surface area contributed by atoms with Crippen molar-refractivity contribution in [2.75, 3.05) is 11.1 Å². The van der Waals surface area contributed by atoms with Crippen LogP contribution in [0.4, 0.5) is 11.9 Å². The molecule has 2 atom stereocenters. The van der Waals surface area contributed by atoms with Gasteiger partial charge in [-0.1, -0.05) is 29.8 Å². The third-order valence-electron chi connectivity index (χ3n) is 4.06. The Morgan fingerprint density at radius 2 is 2.09 bits per heavy atom. The Balaban J connectivity index is 1.74. The van der Waals surface area contributed by atoms with Crippen molar-refractivity contribution in [1.29, 1.82) is 0 Å². The summed E-state index contributed by atoms with van der Waals surface area (Å²) in [6.07, 6.45) is 2.50. The molecule has 1 aromatic carbocycles. The van der Waals surface area contributed by atoms with E-state index in [4.69, 9.17) is 10.2 Å². The molecule has 6 nitrogen and oxygen atoms in total. The van der Waals surface area contributed by atoms with E-state index >= 15 is 0 Å². The Labute approximate surface area is 128 Å². The number of anilines is 2. The van der Waals surface area contributed by atoms with Gasteiger partial charge < -0.3 is 15.5 Å². The number of fused-ring (bicyclic) bond motifs is 1. The first-order valence-corrected chi connectivity index (χ1v) is 7.29. The maximum absolute atomic E-state index is 5.76. The van der Waals surface area contributed by atoms with Crippen LogP contribution in [0, 0.1) is 6.92 Å². The van der Waals surface area contributed by atoms with Gasteiger partial charge in [0.2, 0.25) is 11.9 Å². The molecule has 0 spiro atoms. The van der Waals surface area contributed by atoms with Crippen molar-refractivity contribution in [1.82, 2.24) is 14.8 Å². The number of aryl methyl sites for hydroxylation is 1. The van der Waals surface area contributed by atoms with E-state index in [1.54, 1.807) is 10.9 Å². The molecule has 0 bridgehead atoms. The Kier molecular flexibility index (Phi) is 2.89. The predicted octanol–water partition coefficient (Wildman–Crippen LogP) is 2.91. The highest BCUT2D eigenvalue weighted by Crippen LogP contribution is 2.38. The van der Waals surface area contributed by atoms with Gasteiger partial charge >= 0.3 is 0 Å². The molecule has 0 saturated heterocycles. The van der Waals surface area contributed by atoms with Crippen molar-refractivity contribution in [3.05, 3.63) is 59.5 Å². The van der Waals surface area contributed by atoms with Gasteiger partial charge in [-0.05, 0) is 24.6 Å². The second-order valence-corrected chi connectivity index (χ2v) is 5.61. The molecular formula is C16H17N5O. The van der Waals surface area contributed by atoms with Gasteiger partial charge in [0.25, 0.3) is 0 Å². The number of nitrogens with zero attached hydrogens (tertiary/aromatic N) is 3. The van der Waals surface area contributed by atoms with Crippen LogP contribution in [0.5, 0.6) is 0 Å². The molecule has 3 aromatic rings. The van der Waals surface area contributed by atoms with Crippen LogP contribution in [0.1, 0.15) is 35.4 Å². The van der Waals surface area contributed by atoms with E-state index in [9.17, 15) is 0 Å². The molecule has 3 heterocycles. The average molecular weight is 295 g/mol. The molecule has 4 rings (SSSR count). The number of nitrogens with two attached hydrogens (primary N) is 1. The fraction of sp³-hybridized carbons (Fsp3) is 0.250. The van der Waals surface area contributed by atoms with E-state index in [-0.39, 0.29) is 18.0 Å². The highest BCUT2D eigenvalue weighted by Gasteiger charge is 2.32. The molecule has 0 saturated carbocycles. The zero-order chi connectivity index (χ0) is 15.1. The van der Waals surface area contributed by atoms with Crippen LogP contribution in [0.2, 0.25) is 0 Å². The predicted molar refractivity (Wildman–Crippen MR) is 83.4 cm³/mol. The highest BCUT2D eigenvalue weighted by atomic mass is 16.3. The van der Waals surface area contributed by atoms with Crippen molar-refractivity contribution in [2.45, 2.75) is 25.4 Å². The van der Waals surface area contributed by atoms with Gasteiger partial charge in [0.15, 0.2) is 0 Å². The summed E-state index contributed by atoms with van der Waals surface area (Å²) in [4.78, 5) is 4.28. The average Bonchev–Trinajstić information content (AvgIpc) is 3.15. The molecule has 22 heavy (non-hydrogen) atoms. The Morgan fingerprint density at radius 1 is 1.27 bits per heavy atom. The smallest absolute Gasteiger partial charge is 0.241 e. The summed E-state index contributed by atoms with van der Waals surface area (Å²) in [5.41, 5.74) is 8.23. The molecule has 1 aliphatic rings. The molecule has 112 valence electrons. The zero-order valence-corrected chi connectivity index (χ0v) is 12.2. The first kappa shape index (κ1) is 12.9. The first-order valence-electron chi connectivity index (χ1n) is 7.29. The van der Waals surface area contributed by atoms with Gasteiger partial charge in [0.05, 0.1) is 12.3 Å². The van der Waals surface area contributed by atoms with Gasteiger partial charge in [0, 0.05) is 6.42 Å². The van der Waals surface area contributed by atoms with E-state index in [0.717, 1.165) is 12.2 Å². The van der Waals surface area contributed by atoms with Gasteiger partial charge in [-0.2, -0.15) is 4.98 Å². The quantitative estimate of drug-likeness (QED) is 0.759. The van der Waals surface area contributed by atoms with Crippen LogP contribution in [-0.2, 0) is 0 Å². The SMILES string of the molecule is Cc1ccc([C@@H]2C[C@H](c3ccco3)n3nc(N)nc3N2)cc1. The largest absolute Gasteiger partial charge is 0.467 e. The van der Waals surface area contributed by atoms with Crippen LogP contribution < -0.4 is 11.1 Å². The lowest BCUT2D eigenvalue weighted by Gasteiger charge is -2.30. The van der Waals surface area contributed by atoms with Crippen molar-refractivity contribution in [2.24, 2.45) is 0 Å². The normalized spacial score (nSPS) is 20.4. The minimum Gasteiger partial charge on any atom is -0.467 e. The topological polar surface area (TPSA) is 81.9 Å². The lowest BCUT2D eigenvalue weighted by molar-refractivity contribution is 0.359. The number of hydrogen-bond acceptors (Lipinski definition) is 5. The minimum absolute atomic E-state index is 0.0117. The van der Waals surface area contributed by atoms with Gasteiger partial charge in [-0.25, -0.2) is 4.68 Å². The second kappa shape index (κ2) is 4.91. The lowest BCUT2D eigenvalue weighted by Crippen LogP contribution is -2.27. The number of rotatable bonds is 2. The highest BCUT2D eigenvalue weighted by molar-refractivity contribution is 5.41. The van der Waals surface area contributed by atoms with E-state index < -0.39 is 0 Å². The Morgan fingerprint density at radius 3 is 2.82 bits per heavy atom. The van der Waals surface area contributed by atoms with Crippen LogP contribution in [0.3, 0.4) is 0 Å². The molecule has 0 unspecified atom stereocenters. The van der Waals surface area contributed by atoms with Crippen LogP contribution in [0.25, 0.3) is 0 Å². The molecule has 0 radical (unpaired) electrons. The molecule has 6 heteroatoms. The van der Waals surface area contributed by atoms with Gasteiger partial charge in [0.1, 0.15) is 11.8 Å². The fourth-order valence-corrected chi connectivity index (χ4v) is 2.93. The lowest BCUT2D eigenvalue weighted by atomic mass is 9.96. The summed E-state index contributed by atoms with van der Waals surface area (Å²) < 4.78 is 7.39. The van der Waals surface area contributed by atoms with Crippen molar-refractivity contribution in [3.8, 4) is 0 Å². The minimum atomic E-state index is -0.0117. The number of nitrogen functional groups attached to an aromatic ring is 1. The summed E-state index contributed by atoms with van der Waals surface area (Å²) >= 11 is 0. The number of furan rings is 1. The van der Waals surface area contributed by atoms with E-state index in [2.05, 4.69) is 46.6 Å². The third kappa shape index (κ3) is 2.13. The van der Waals surface area contributed by atoms with E-state index in [1.807, 2.05) is 12.1 Å². The van der Waals surface area contributed by atoms with Gasteiger partial charge in [-0.15, -0.1) is 5.10 Å². The molecule has 2 aromatic heterocycles. The number of aromatic nitrogens is 3. The number of benzene rings is 1. The summed E-state index contributed by atoms with van der Waals surface area (Å²) in [6, 6.07) is 12.5. The van der Waals surface area contributed by atoms with E-state index in [0.29, 0.717) is 5.95 Å². The zero-order valence-electron chi connectivity index (χ0n) is 12.2. The summed E-state index contributed by atoms with van der Waals surface area (Å²) in [7, 11) is 0. The van der Waals surface area contributed by atoms with Gasteiger partial charge in [-0.3, -0.25) is 0 Å². The molecule has 1 aliphatic heterocycles. The van der Waals surface area contributed by atoms with Crippen molar-refractivity contribution < 1.29 is 4.42 Å². The third-order valence-corrected chi connectivity index (χ3v) is 4.06. The van der Waals surface area contributed by atoms with Crippen LogP contribution in [0.15, 0.2) is 47.1 Å². The molecule has 0 fully saturated rings. The summed E-state index contributed by atoms with van der Waals surface area (Å²) in [5.74, 6) is 1.81. The van der Waals surface area contributed by atoms with E-state index in [1.165, 1.54) is 11.1 Å². The van der Waals surface area contributed by atoms with Crippen LogP contribution >= 0.6 is 0 Å². The van der Waals surface area contributed by atoms with Crippen molar-refractivity contribution in [3.63, 3.8) is 0 Å². The summed E-state index contributed by atoms with van der Waals surface area (Å²) in [6.45, 7) is 2.08. The Bertz CT molecular complexity index is 775. The molecule has 3 N–H and O–H groups in total. The second-order valence-electron chi connectivity index (χ2n) is 5.61. The molecule has 0 aliphatic carbocycles. The monoisotopic (exact) mass is 295 g/mol. The number of hydrogen-bond donors (Lipinski definition) is 2. The van der Waals surface area contributed by atoms with Crippen LogP contribution in [-0.4, -0.2) is 14.8 Å². The number of nitrogens with one attached hydrogen (secondary N) is 1. The maximum Gasteiger partial charge on any atom is 0.241 e. The fourth-order valence-electron chi connectivity index (χ4n) is 2.93.